The molecule has 0 atom stereocenters. The number of nitrogens with one attached hydrogen (secondary N) is 1. The molecule has 0 saturated heterocycles. The first-order valence-corrected chi connectivity index (χ1v) is 8.37. The smallest absolute Gasteiger partial charge is 0.0822 e. The van der Waals surface area contributed by atoms with Crippen molar-refractivity contribution in [2.75, 3.05) is 6.54 Å². The molecule has 114 valence electrons. The summed E-state index contributed by atoms with van der Waals surface area (Å²) in [7, 11) is 0. The highest BCUT2D eigenvalue weighted by Gasteiger charge is 2.17. The van der Waals surface area contributed by atoms with Crippen molar-refractivity contribution in [1.82, 2.24) is 5.32 Å². The Bertz CT molecular complexity index is 846. The molecule has 2 aromatic rings. The molecule has 0 saturated carbocycles. The van der Waals surface area contributed by atoms with Crippen LogP contribution in [-0.4, -0.2) is 12.3 Å². The van der Waals surface area contributed by atoms with Gasteiger partial charge in [-0.3, -0.25) is 0 Å². The molecule has 1 aliphatic heterocycles. The third-order valence-electron chi connectivity index (χ3n) is 4.24. The fourth-order valence-electron chi connectivity index (χ4n) is 3.05. The van der Waals surface area contributed by atoms with Gasteiger partial charge in [0.1, 0.15) is 0 Å². The number of hydrogen-bond acceptors (Lipinski definition) is 3. The van der Waals surface area contributed by atoms with E-state index in [2.05, 4.69) is 60.4 Å². The van der Waals surface area contributed by atoms with Crippen LogP contribution in [0.25, 0.3) is 11.1 Å². The number of benzene rings is 2. The number of thiol groups is 1. The summed E-state index contributed by atoms with van der Waals surface area (Å²) in [5.41, 5.74) is 6.84. The van der Waals surface area contributed by atoms with Crippen molar-refractivity contribution in [3.05, 3.63) is 77.6 Å². The monoisotopic (exact) mass is 318 g/mol. The van der Waals surface area contributed by atoms with E-state index < -0.39 is 0 Å². The quantitative estimate of drug-likeness (QED) is 0.777. The van der Waals surface area contributed by atoms with Crippen molar-refractivity contribution in [2.45, 2.75) is 17.7 Å². The summed E-state index contributed by atoms with van der Waals surface area (Å²) in [5.74, 6) is 0. The average Bonchev–Trinajstić information content (AvgIpc) is 2.62. The number of allylic oxidation sites excluding steroid dienone is 2. The minimum Gasteiger partial charge on any atom is -0.378 e. The Morgan fingerprint density at radius 3 is 2.65 bits per heavy atom. The van der Waals surface area contributed by atoms with Crippen molar-refractivity contribution in [3.8, 4) is 11.1 Å². The van der Waals surface area contributed by atoms with E-state index >= 15 is 0 Å². The van der Waals surface area contributed by atoms with Gasteiger partial charge in [0.05, 0.1) is 23.7 Å². The average molecular weight is 318 g/mol. The van der Waals surface area contributed by atoms with Gasteiger partial charge in [0.25, 0.3) is 0 Å². The summed E-state index contributed by atoms with van der Waals surface area (Å²) >= 11 is 4.57. The minimum atomic E-state index is 0.773. The Balaban J connectivity index is 1.73. The molecule has 1 heterocycles. The first kappa shape index (κ1) is 14.3. The zero-order valence-electron chi connectivity index (χ0n) is 12.8. The second kappa shape index (κ2) is 6.09. The largest absolute Gasteiger partial charge is 0.378 e. The SMILES string of the molecule is Sc1ccccc1-c1cccc(C2=NC3=CCCC=C3NC2)c1. The van der Waals surface area contributed by atoms with E-state index in [0.29, 0.717) is 0 Å². The Morgan fingerprint density at radius 2 is 1.74 bits per heavy atom. The van der Waals surface area contributed by atoms with Crippen LogP contribution in [0.5, 0.6) is 0 Å². The Labute approximate surface area is 142 Å². The van der Waals surface area contributed by atoms with E-state index in [1.807, 2.05) is 18.2 Å². The van der Waals surface area contributed by atoms with Crippen LogP contribution >= 0.6 is 12.6 Å². The molecule has 4 rings (SSSR count). The van der Waals surface area contributed by atoms with Crippen LogP contribution in [0.2, 0.25) is 0 Å². The standard InChI is InChI=1S/C20H18N2S/c23-20-11-4-1-8-16(20)14-6-5-7-15(12-14)19-13-21-17-9-2-3-10-18(17)22-19/h1,4-12,21,23H,2-3,13H2. The van der Waals surface area contributed by atoms with E-state index in [0.717, 1.165) is 46.8 Å². The molecule has 0 bridgehead atoms. The summed E-state index contributed by atoms with van der Waals surface area (Å²) < 4.78 is 0. The Kier molecular flexibility index (Phi) is 3.80. The summed E-state index contributed by atoms with van der Waals surface area (Å²) in [6.07, 6.45) is 6.63. The van der Waals surface area contributed by atoms with Gasteiger partial charge in [0, 0.05) is 4.90 Å². The van der Waals surface area contributed by atoms with E-state index in [-0.39, 0.29) is 0 Å². The molecule has 23 heavy (non-hydrogen) atoms. The van der Waals surface area contributed by atoms with E-state index in [1.165, 1.54) is 11.3 Å². The van der Waals surface area contributed by atoms with E-state index in [9.17, 15) is 0 Å². The van der Waals surface area contributed by atoms with Crippen LogP contribution in [0, 0.1) is 0 Å². The summed E-state index contributed by atoms with van der Waals surface area (Å²) in [6.45, 7) is 0.773. The van der Waals surface area contributed by atoms with Crippen molar-refractivity contribution in [2.24, 2.45) is 4.99 Å². The molecule has 0 amide bonds. The third kappa shape index (κ3) is 2.84. The lowest BCUT2D eigenvalue weighted by Crippen LogP contribution is -2.29. The second-order valence-corrected chi connectivity index (χ2v) is 6.28. The van der Waals surface area contributed by atoms with Crippen molar-refractivity contribution in [1.29, 1.82) is 0 Å². The van der Waals surface area contributed by atoms with Crippen LogP contribution < -0.4 is 5.32 Å². The highest BCUT2D eigenvalue weighted by Crippen LogP contribution is 2.28. The van der Waals surface area contributed by atoms with Crippen molar-refractivity contribution < 1.29 is 0 Å². The molecule has 2 nitrogen and oxygen atoms in total. The molecular formula is C20H18N2S. The van der Waals surface area contributed by atoms with Gasteiger partial charge in [-0.15, -0.1) is 12.6 Å². The predicted molar refractivity (Wildman–Crippen MR) is 99.1 cm³/mol. The van der Waals surface area contributed by atoms with Gasteiger partial charge >= 0.3 is 0 Å². The van der Waals surface area contributed by atoms with Crippen molar-refractivity contribution >= 4 is 18.3 Å². The maximum Gasteiger partial charge on any atom is 0.0822 e. The molecule has 2 aliphatic rings. The predicted octanol–water partition coefficient (Wildman–Crippen LogP) is 4.60. The van der Waals surface area contributed by atoms with Crippen molar-refractivity contribution in [3.63, 3.8) is 0 Å². The van der Waals surface area contributed by atoms with Gasteiger partial charge in [-0.05, 0) is 41.7 Å². The molecule has 1 aliphatic carbocycles. The normalized spacial score (nSPS) is 16.7. The highest BCUT2D eigenvalue weighted by molar-refractivity contribution is 7.80. The minimum absolute atomic E-state index is 0.773. The molecule has 2 aromatic carbocycles. The van der Waals surface area contributed by atoms with Gasteiger partial charge in [-0.2, -0.15) is 0 Å². The van der Waals surface area contributed by atoms with Crippen LogP contribution in [0.1, 0.15) is 18.4 Å². The highest BCUT2D eigenvalue weighted by atomic mass is 32.1. The molecule has 0 unspecified atom stereocenters. The molecular weight excluding hydrogens is 300 g/mol. The summed E-state index contributed by atoms with van der Waals surface area (Å²) in [4.78, 5) is 5.85. The van der Waals surface area contributed by atoms with Gasteiger partial charge < -0.3 is 5.32 Å². The maximum atomic E-state index is 4.86. The molecule has 3 heteroatoms. The number of aliphatic imine (C=N–C) groups is 1. The molecule has 0 fully saturated rings. The lowest BCUT2D eigenvalue weighted by molar-refractivity contribution is 0.847. The van der Waals surface area contributed by atoms with Crippen LogP contribution in [0.4, 0.5) is 0 Å². The van der Waals surface area contributed by atoms with Gasteiger partial charge in [0.15, 0.2) is 0 Å². The van der Waals surface area contributed by atoms with Gasteiger partial charge in [-0.25, -0.2) is 4.99 Å². The third-order valence-corrected chi connectivity index (χ3v) is 4.63. The first-order chi connectivity index (χ1) is 11.3. The lowest BCUT2D eigenvalue weighted by atomic mass is 9.99. The Hall–Kier alpha value is -2.26. The molecule has 1 N–H and O–H groups in total. The fraction of sp³-hybridized carbons (Fsp3) is 0.150. The Morgan fingerprint density at radius 1 is 0.913 bits per heavy atom. The molecule has 0 spiro atoms. The molecule has 0 aromatic heterocycles. The van der Waals surface area contributed by atoms with Crippen LogP contribution in [0.3, 0.4) is 0 Å². The number of rotatable bonds is 2. The van der Waals surface area contributed by atoms with Crippen LogP contribution in [0.15, 0.2) is 82.0 Å². The molecule has 0 radical (unpaired) electrons. The number of fused-ring (bicyclic) bond motifs is 1. The van der Waals surface area contributed by atoms with Gasteiger partial charge in [-0.1, -0.05) is 48.6 Å². The van der Waals surface area contributed by atoms with E-state index in [4.69, 9.17) is 4.99 Å². The fourth-order valence-corrected chi connectivity index (χ4v) is 3.34. The maximum absolute atomic E-state index is 4.86. The zero-order chi connectivity index (χ0) is 15.6. The second-order valence-electron chi connectivity index (χ2n) is 5.79. The van der Waals surface area contributed by atoms with Gasteiger partial charge in [0.2, 0.25) is 0 Å². The number of nitrogens with zero attached hydrogens (tertiary/aromatic N) is 1. The zero-order valence-corrected chi connectivity index (χ0v) is 13.7. The summed E-state index contributed by atoms with van der Waals surface area (Å²) in [5, 5.41) is 3.49. The number of hydrogen-bond donors (Lipinski definition) is 2. The van der Waals surface area contributed by atoms with E-state index in [1.54, 1.807) is 0 Å². The lowest BCUT2D eigenvalue weighted by Gasteiger charge is -2.22. The first-order valence-electron chi connectivity index (χ1n) is 7.92. The van der Waals surface area contributed by atoms with Crippen LogP contribution in [-0.2, 0) is 0 Å². The topological polar surface area (TPSA) is 24.4 Å². The summed E-state index contributed by atoms with van der Waals surface area (Å²) in [6, 6.07) is 16.7.